The van der Waals surface area contributed by atoms with E-state index in [2.05, 4.69) is 31.1 Å². The zero-order valence-corrected chi connectivity index (χ0v) is 20.4. The van der Waals surface area contributed by atoms with Crippen LogP contribution in [0.2, 0.25) is 0 Å². The first-order valence-corrected chi connectivity index (χ1v) is 12.8. The SMILES string of the molecule is C=C1CCC2C(CNC(=O)NCc3ccccc3)C(C3(C)CCC(O)CC3CO)CCC12C. The van der Waals surface area contributed by atoms with E-state index in [1.54, 1.807) is 0 Å². The Bertz CT molecular complexity index is 843. The lowest BCUT2D eigenvalue weighted by molar-refractivity contribution is -0.0927. The average molecular weight is 455 g/mol. The zero-order valence-electron chi connectivity index (χ0n) is 20.4. The Kier molecular flexibility index (Phi) is 7.20. The fourth-order valence-corrected chi connectivity index (χ4v) is 7.52. The lowest BCUT2D eigenvalue weighted by Crippen LogP contribution is -2.54. The van der Waals surface area contributed by atoms with Crippen LogP contribution in [0.3, 0.4) is 0 Å². The van der Waals surface area contributed by atoms with E-state index in [-0.39, 0.29) is 35.5 Å². The Labute approximate surface area is 199 Å². The molecule has 2 amide bonds. The van der Waals surface area contributed by atoms with E-state index >= 15 is 0 Å². The maximum atomic E-state index is 12.7. The van der Waals surface area contributed by atoms with Gasteiger partial charge in [0.25, 0.3) is 0 Å². The Morgan fingerprint density at radius 3 is 2.58 bits per heavy atom. The highest BCUT2D eigenvalue weighted by atomic mass is 16.3. The average Bonchev–Trinajstić information content (AvgIpc) is 3.12. The van der Waals surface area contributed by atoms with E-state index in [9.17, 15) is 15.0 Å². The maximum Gasteiger partial charge on any atom is 0.315 e. The van der Waals surface area contributed by atoms with Crippen LogP contribution in [0.1, 0.15) is 64.4 Å². The molecule has 1 aromatic rings. The third-order valence-electron chi connectivity index (χ3n) is 9.76. The van der Waals surface area contributed by atoms with E-state index < -0.39 is 0 Å². The van der Waals surface area contributed by atoms with Crippen molar-refractivity contribution in [2.75, 3.05) is 13.2 Å². The van der Waals surface area contributed by atoms with Gasteiger partial charge in [-0.15, -0.1) is 0 Å². The normalized spacial score (nSPS) is 38.5. The van der Waals surface area contributed by atoms with Crippen molar-refractivity contribution >= 4 is 6.03 Å². The van der Waals surface area contributed by atoms with Crippen molar-refractivity contribution in [1.29, 1.82) is 0 Å². The van der Waals surface area contributed by atoms with Gasteiger partial charge in [0.05, 0.1) is 6.10 Å². The molecule has 4 rings (SSSR count). The van der Waals surface area contributed by atoms with Gasteiger partial charge in [0.15, 0.2) is 0 Å². The second kappa shape index (κ2) is 9.79. The summed E-state index contributed by atoms with van der Waals surface area (Å²) in [4.78, 5) is 12.7. The van der Waals surface area contributed by atoms with Gasteiger partial charge in [0.2, 0.25) is 0 Å². The number of benzene rings is 1. The van der Waals surface area contributed by atoms with Gasteiger partial charge in [0.1, 0.15) is 0 Å². The summed E-state index contributed by atoms with van der Waals surface area (Å²) in [5, 5.41) is 26.7. The molecular weight excluding hydrogens is 412 g/mol. The third kappa shape index (κ3) is 4.72. The van der Waals surface area contributed by atoms with Gasteiger partial charge in [0, 0.05) is 19.7 Å². The van der Waals surface area contributed by atoms with Gasteiger partial charge in [-0.25, -0.2) is 4.79 Å². The Morgan fingerprint density at radius 1 is 1.09 bits per heavy atom. The van der Waals surface area contributed by atoms with Crippen molar-refractivity contribution in [3.05, 3.63) is 48.0 Å². The van der Waals surface area contributed by atoms with Crippen LogP contribution < -0.4 is 10.6 Å². The summed E-state index contributed by atoms with van der Waals surface area (Å²) in [6.07, 6.45) is 6.53. The Morgan fingerprint density at radius 2 is 1.85 bits per heavy atom. The predicted molar refractivity (Wildman–Crippen MR) is 131 cm³/mol. The lowest BCUT2D eigenvalue weighted by Gasteiger charge is -2.56. The summed E-state index contributed by atoms with van der Waals surface area (Å²) in [7, 11) is 0. The van der Waals surface area contributed by atoms with Gasteiger partial charge >= 0.3 is 6.03 Å². The lowest BCUT2D eigenvalue weighted by atomic mass is 9.49. The van der Waals surface area contributed by atoms with Gasteiger partial charge in [-0.3, -0.25) is 0 Å². The van der Waals surface area contributed by atoms with E-state index in [4.69, 9.17) is 0 Å². The van der Waals surface area contributed by atoms with Crippen LogP contribution >= 0.6 is 0 Å². The molecule has 3 saturated carbocycles. The topological polar surface area (TPSA) is 81.6 Å². The van der Waals surface area contributed by atoms with Crippen molar-refractivity contribution in [1.82, 2.24) is 10.6 Å². The first-order valence-electron chi connectivity index (χ1n) is 12.8. The minimum absolute atomic E-state index is 0.0217. The molecule has 0 aromatic heterocycles. The number of aliphatic hydroxyl groups is 2. The largest absolute Gasteiger partial charge is 0.396 e. The van der Waals surface area contributed by atoms with Crippen molar-refractivity contribution in [3.8, 4) is 0 Å². The van der Waals surface area contributed by atoms with E-state index in [1.165, 1.54) is 5.57 Å². The molecule has 7 unspecified atom stereocenters. The molecule has 0 heterocycles. The van der Waals surface area contributed by atoms with Gasteiger partial charge in [-0.05, 0) is 85.0 Å². The number of fused-ring (bicyclic) bond motifs is 1. The van der Waals surface area contributed by atoms with Crippen LogP contribution in [0, 0.1) is 34.5 Å². The molecule has 3 fully saturated rings. The van der Waals surface area contributed by atoms with E-state index in [0.717, 1.165) is 44.1 Å². The predicted octanol–water partition coefficient (Wildman–Crippen LogP) is 4.64. The van der Waals surface area contributed by atoms with Crippen LogP contribution in [0.25, 0.3) is 0 Å². The number of carbonyl (C=O) groups is 1. The Hall–Kier alpha value is -1.85. The van der Waals surface area contributed by atoms with Crippen molar-refractivity contribution in [2.24, 2.45) is 34.5 Å². The molecular formula is C28H42N2O3. The fourth-order valence-electron chi connectivity index (χ4n) is 7.52. The number of aliphatic hydroxyl groups excluding tert-OH is 2. The zero-order chi connectivity index (χ0) is 23.6. The van der Waals surface area contributed by atoms with Crippen LogP contribution in [0.15, 0.2) is 42.5 Å². The molecule has 3 aliphatic rings. The molecule has 7 atom stereocenters. The minimum Gasteiger partial charge on any atom is -0.396 e. The highest BCUT2D eigenvalue weighted by molar-refractivity contribution is 5.73. The quantitative estimate of drug-likeness (QED) is 0.473. The molecule has 0 aliphatic heterocycles. The number of amides is 2. The van der Waals surface area contributed by atoms with Crippen LogP contribution in [0.4, 0.5) is 4.79 Å². The maximum absolute atomic E-state index is 12.7. The first kappa shape index (κ1) is 24.3. The summed E-state index contributed by atoms with van der Waals surface area (Å²) < 4.78 is 0. The standard InChI is InChI=1S/C28H42N2O3/c1-19-9-10-24-23(17-30-26(33)29-16-20-7-5-4-6-8-20)25(12-14-27(19,24)2)28(3)13-11-22(32)15-21(28)18-31/h4-8,21-25,31-32H,1,9-18H2,2-3H3,(H2,29,30,33). The summed E-state index contributed by atoms with van der Waals surface area (Å²) >= 11 is 0. The molecule has 5 nitrogen and oxygen atoms in total. The van der Waals surface area contributed by atoms with Crippen molar-refractivity contribution in [3.63, 3.8) is 0 Å². The van der Waals surface area contributed by atoms with Gasteiger partial charge in [-0.1, -0.05) is 56.3 Å². The fraction of sp³-hybridized carbons (Fsp3) is 0.679. The van der Waals surface area contributed by atoms with Crippen molar-refractivity contribution in [2.45, 2.75) is 71.4 Å². The molecule has 0 radical (unpaired) electrons. The van der Waals surface area contributed by atoms with E-state index in [1.807, 2.05) is 30.3 Å². The molecule has 0 saturated heterocycles. The molecule has 182 valence electrons. The monoisotopic (exact) mass is 454 g/mol. The molecule has 3 aliphatic carbocycles. The van der Waals surface area contributed by atoms with Crippen LogP contribution in [-0.4, -0.2) is 35.5 Å². The van der Waals surface area contributed by atoms with Crippen LogP contribution in [-0.2, 0) is 6.54 Å². The number of rotatable bonds is 6. The summed E-state index contributed by atoms with van der Waals surface area (Å²) in [5.41, 5.74) is 2.57. The highest BCUT2D eigenvalue weighted by Crippen LogP contribution is 2.63. The number of hydrogen-bond acceptors (Lipinski definition) is 3. The van der Waals surface area contributed by atoms with E-state index in [0.29, 0.717) is 37.3 Å². The third-order valence-corrected chi connectivity index (χ3v) is 9.76. The molecule has 4 N–H and O–H groups in total. The molecule has 0 spiro atoms. The van der Waals surface area contributed by atoms with Gasteiger partial charge < -0.3 is 20.8 Å². The molecule has 0 bridgehead atoms. The number of allylic oxidation sites excluding steroid dienone is 1. The number of hydrogen-bond donors (Lipinski definition) is 4. The summed E-state index contributed by atoms with van der Waals surface area (Å²) in [5.74, 6) is 1.37. The Balaban J connectivity index is 1.50. The molecule has 1 aromatic carbocycles. The highest BCUT2D eigenvalue weighted by Gasteiger charge is 2.56. The first-order chi connectivity index (χ1) is 15.8. The second-order valence-electron chi connectivity index (χ2n) is 11.3. The molecule has 5 heteroatoms. The number of nitrogens with one attached hydrogen (secondary N) is 2. The van der Waals surface area contributed by atoms with Gasteiger partial charge in [-0.2, -0.15) is 0 Å². The smallest absolute Gasteiger partial charge is 0.315 e. The summed E-state index contributed by atoms with van der Waals surface area (Å²) in [6.45, 7) is 10.4. The van der Waals surface area contributed by atoms with Crippen molar-refractivity contribution < 1.29 is 15.0 Å². The number of urea groups is 1. The second-order valence-corrected chi connectivity index (χ2v) is 11.3. The minimum atomic E-state index is -0.310. The summed E-state index contributed by atoms with van der Waals surface area (Å²) in [6, 6.07) is 9.85. The number of carbonyl (C=O) groups excluding carboxylic acids is 1. The van der Waals surface area contributed by atoms with Crippen LogP contribution in [0.5, 0.6) is 0 Å². The molecule has 33 heavy (non-hydrogen) atoms.